The highest BCUT2D eigenvalue weighted by molar-refractivity contribution is 7.88. The van der Waals surface area contributed by atoms with Gasteiger partial charge in [0.15, 0.2) is 0 Å². The van der Waals surface area contributed by atoms with E-state index in [1.807, 2.05) is 6.07 Å². The summed E-state index contributed by atoms with van der Waals surface area (Å²) < 4.78 is 31.3. The van der Waals surface area contributed by atoms with Crippen LogP contribution in [0.15, 0.2) is 24.3 Å². The molecule has 0 spiro atoms. The van der Waals surface area contributed by atoms with Crippen molar-refractivity contribution in [2.75, 3.05) is 19.8 Å². The fourth-order valence-electron chi connectivity index (χ4n) is 1.93. The molecule has 1 fully saturated rings. The van der Waals surface area contributed by atoms with E-state index >= 15 is 0 Å². The van der Waals surface area contributed by atoms with Gasteiger partial charge >= 0.3 is 0 Å². The smallest absolute Gasteiger partial charge is 0.215 e. The van der Waals surface area contributed by atoms with Crippen molar-refractivity contribution in [1.29, 1.82) is 5.26 Å². The summed E-state index contributed by atoms with van der Waals surface area (Å²) in [5.74, 6) is -0.185. The standard InChI is InChI=1S/C13H16N2O4S/c14-7-11-1-3-12(4-2-11)8-20(17,18)15-9-13(16)5-6-19-10-13/h1-4,15-16H,5-6,8-10H2. The molecular formula is C13H16N2O4S. The predicted molar refractivity (Wildman–Crippen MR) is 72.2 cm³/mol. The number of ether oxygens (including phenoxy) is 1. The van der Waals surface area contributed by atoms with Crippen LogP contribution in [-0.4, -0.2) is 38.9 Å². The zero-order chi connectivity index (χ0) is 14.6. The van der Waals surface area contributed by atoms with E-state index < -0.39 is 15.6 Å². The van der Waals surface area contributed by atoms with E-state index in [-0.39, 0.29) is 18.9 Å². The molecule has 0 aliphatic carbocycles. The van der Waals surface area contributed by atoms with Gasteiger partial charge in [0, 0.05) is 19.6 Å². The molecule has 1 aliphatic heterocycles. The zero-order valence-corrected chi connectivity index (χ0v) is 11.7. The van der Waals surface area contributed by atoms with Crippen molar-refractivity contribution in [1.82, 2.24) is 4.72 Å². The van der Waals surface area contributed by atoms with Gasteiger partial charge in [0.05, 0.1) is 24.0 Å². The number of rotatable bonds is 5. The Hall–Kier alpha value is -1.46. The highest BCUT2D eigenvalue weighted by Crippen LogP contribution is 2.17. The quantitative estimate of drug-likeness (QED) is 0.804. The van der Waals surface area contributed by atoms with Crippen LogP contribution in [0.5, 0.6) is 0 Å². The summed E-state index contributed by atoms with van der Waals surface area (Å²) in [5.41, 5.74) is -0.0414. The highest BCUT2D eigenvalue weighted by Gasteiger charge is 2.33. The maximum Gasteiger partial charge on any atom is 0.215 e. The van der Waals surface area contributed by atoms with Crippen LogP contribution in [0.1, 0.15) is 17.5 Å². The molecule has 0 bridgehead atoms. The predicted octanol–water partition coefficient (Wildman–Crippen LogP) is 0.129. The maximum absolute atomic E-state index is 11.9. The van der Waals surface area contributed by atoms with E-state index in [1.165, 1.54) is 0 Å². The Morgan fingerprint density at radius 3 is 2.65 bits per heavy atom. The minimum Gasteiger partial charge on any atom is -0.386 e. The summed E-state index contributed by atoms with van der Waals surface area (Å²) in [6.07, 6.45) is 0.423. The first kappa shape index (κ1) is 14.9. The fourth-order valence-corrected chi connectivity index (χ4v) is 3.15. The summed E-state index contributed by atoms with van der Waals surface area (Å²) in [6, 6.07) is 8.32. The fraction of sp³-hybridized carbons (Fsp3) is 0.462. The number of aliphatic hydroxyl groups is 1. The average molecular weight is 296 g/mol. The lowest BCUT2D eigenvalue weighted by Gasteiger charge is -2.20. The lowest BCUT2D eigenvalue weighted by atomic mass is 10.1. The van der Waals surface area contributed by atoms with Crippen LogP contribution < -0.4 is 4.72 Å². The van der Waals surface area contributed by atoms with E-state index in [4.69, 9.17) is 10.00 Å². The lowest BCUT2D eigenvalue weighted by Crippen LogP contribution is -2.43. The molecule has 2 rings (SSSR count). The van der Waals surface area contributed by atoms with Gasteiger partial charge in [-0.05, 0) is 17.7 Å². The highest BCUT2D eigenvalue weighted by atomic mass is 32.2. The topological polar surface area (TPSA) is 99.4 Å². The third-order valence-corrected chi connectivity index (χ3v) is 4.44. The Morgan fingerprint density at radius 2 is 2.10 bits per heavy atom. The number of nitriles is 1. The summed E-state index contributed by atoms with van der Waals surface area (Å²) in [7, 11) is -3.53. The first-order chi connectivity index (χ1) is 9.42. The number of sulfonamides is 1. The van der Waals surface area contributed by atoms with E-state index in [1.54, 1.807) is 24.3 Å². The Balaban J connectivity index is 1.94. The van der Waals surface area contributed by atoms with Crippen LogP contribution in [-0.2, 0) is 20.5 Å². The van der Waals surface area contributed by atoms with Crippen molar-refractivity contribution in [3.63, 3.8) is 0 Å². The second kappa shape index (κ2) is 5.89. The molecule has 1 aromatic carbocycles. The van der Waals surface area contributed by atoms with Gasteiger partial charge in [0.2, 0.25) is 10.0 Å². The molecule has 1 heterocycles. The molecule has 1 aromatic rings. The molecule has 7 heteroatoms. The molecule has 2 N–H and O–H groups in total. The second-order valence-corrected chi connectivity index (χ2v) is 6.72. The normalized spacial score (nSPS) is 22.6. The average Bonchev–Trinajstić information content (AvgIpc) is 2.85. The SMILES string of the molecule is N#Cc1ccc(CS(=O)(=O)NCC2(O)CCOC2)cc1. The largest absolute Gasteiger partial charge is 0.386 e. The molecule has 0 radical (unpaired) electrons. The molecule has 1 aliphatic rings. The van der Waals surface area contributed by atoms with Gasteiger partial charge in [-0.15, -0.1) is 0 Å². The number of hydrogen-bond donors (Lipinski definition) is 2. The number of nitrogens with zero attached hydrogens (tertiary/aromatic N) is 1. The van der Waals surface area contributed by atoms with Gasteiger partial charge in [-0.1, -0.05) is 12.1 Å². The minimum atomic E-state index is -3.53. The van der Waals surface area contributed by atoms with E-state index in [0.29, 0.717) is 24.2 Å². The lowest BCUT2D eigenvalue weighted by molar-refractivity contribution is 0.0314. The monoisotopic (exact) mass is 296 g/mol. The van der Waals surface area contributed by atoms with Crippen molar-refractivity contribution in [3.05, 3.63) is 35.4 Å². The summed E-state index contributed by atoms with van der Waals surface area (Å²) in [5, 5.41) is 18.7. The van der Waals surface area contributed by atoms with Gasteiger partial charge in [-0.3, -0.25) is 0 Å². The second-order valence-electron chi connectivity index (χ2n) is 4.92. The Morgan fingerprint density at radius 1 is 1.40 bits per heavy atom. The molecule has 0 aromatic heterocycles. The molecule has 1 saturated heterocycles. The molecule has 6 nitrogen and oxygen atoms in total. The van der Waals surface area contributed by atoms with E-state index in [9.17, 15) is 13.5 Å². The van der Waals surface area contributed by atoms with Gasteiger partial charge < -0.3 is 9.84 Å². The van der Waals surface area contributed by atoms with Crippen molar-refractivity contribution in [2.45, 2.75) is 17.8 Å². The van der Waals surface area contributed by atoms with Crippen LogP contribution in [0.25, 0.3) is 0 Å². The van der Waals surface area contributed by atoms with Crippen LogP contribution in [0.4, 0.5) is 0 Å². The van der Waals surface area contributed by atoms with Crippen LogP contribution in [0.2, 0.25) is 0 Å². The number of hydrogen-bond acceptors (Lipinski definition) is 5. The summed E-state index contributed by atoms with van der Waals surface area (Å²) >= 11 is 0. The Kier molecular flexibility index (Phi) is 4.40. The summed E-state index contributed by atoms with van der Waals surface area (Å²) in [6.45, 7) is 0.534. The first-order valence-corrected chi connectivity index (χ1v) is 7.84. The van der Waals surface area contributed by atoms with Crippen LogP contribution in [0, 0.1) is 11.3 Å². The van der Waals surface area contributed by atoms with Gasteiger partial charge in [-0.25, -0.2) is 13.1 Å². The molecule has 0 saturated carbocycles. The van der Waals surface area contributed by atoms with Crippen molar-refractivity contribution < 1.29 is 18.3 Å². The van der Waals surface area contributed by atoms with Gasteiger partial charge in [-0.2, -0.15) is 5.26 Å². The number of nitrogens with one attached hydrogen (secondary N) is 1. The van der Waals surface area contributed by atoms with E-state index in [0.717, 1.165) is 0 Å². The third-order valence-electron chi connectivity index (χ3n) is 3.14. The molecule has 1 unspecified atom stereocenters. The Bertz CT molecular complexity index is 598. The van der Waals surface area contributed by atoms with Crippen LogP contribution in [0.3, 0.4) is 0 Å². The van der Waals surface area contributed by atoms with Gasteiger partial charge in [0.1, 0.15) is 5.60 Å². The minimum absolute atomic E-state index is 0.0500. The molecular weight excluding hydrogens is 280 g/mol. The van der Waals surface area contributed by atoms with Crippen LogP contribution >= 0.6 is 0 Å². The third kappa shape index (κ3) is 4.02. The zero-order valence-electron chi connectivity index (χ0n) is 10.9. The molecule has 1 atom stereocenters. The first-order valence-electron chi connectivity index (χ1n) is 6.19. The number of benzene rings is 1. The van der Waals surface area contributed by atoms with Crippen molar-refractivity contribution >= 4 is 10.0 Å². The van der Waals surface area contributed by atoms with Crippen molar-refractivity contribution in [3.8, 4) is 6.07 Å². The van der Waals surface area contributed by atoms with Gasteiger partial charge in [0.25, 0.3) is 0 Å². The van der Waals surface area contributed by atoms with E-state index in [2.05, 4.69) is 4.72 Å². The Labute approximate surface area is 118 Å². The maximum atomic E-state index is 11.9. The summed E-state index contributed by atoms with van der Waals surface area (Å²) in [4.78, 5) is 0. The molecule has 0 amide bonds. The van der Waals surface area contributed by atoms with Crippen molar-refractivity contribution in [2.24, 2.45) is 0 Å². The molecule has 20 heavy (non-hydrogen) atoms. The molecule has 108 valence electrons.